The zero-order valence-corrected chi connectivity index (χ0v) is 18.3. The molecule has 1 N–H and O–H groups in total. The van der Waals surface area contributed by atoms with E-state index in [1.165, 1.54) is 13.2 Å². The molecule has 0 bridgehead atoms. The van der Waals surface area contributed by atoms with Gasteiger partial charge in [0.25, 0.3) is 0 Å². The fraction of sp³-hybridized carbons (Fsp3) is 0.318. The van der Waals surface area contributed by atoms with E-state index in [1.54, 1.807) is 49.2 Å². The fourth-order valence-corrected chi connectivity index (χ4v) is 4.29. The molecule has 2 aromatic carbocycles. The summed E-state index contributed by atoms with van der Waals surface area (Å²) in [6.07, 6.45) is 0.0910. The average Bonchev–Trinajstić information content (AvgIpc) is 2.96. The van der Waals surface area contributed by atoms with Crippen molar-refractivity contribution in [2.24, 2.45) is 0 Å². The highest BCUT2D eigenvalue weighted by molar-refractivity contribution is 6.48. The van der Waals surface area contributed by atoms with E-state index in [4.69, 9.17) is 27.9 Å². The number of hydrogen-bond donors (Lipinski definition) is 1. The highest BCUT2D eigenvalue weighted by Gasteiger charge is 2.55. The number of carbonyl (C=O) groups is 3. The second-order valence-electron chi connectivity index (χ2n) is 7.30. The Morgan fingerprint density at radius 1 is 1.17 bits per heavy atom. The minimum Gasteiger partial charge on any atom is -0.495 e. The van der Waals surface area contributed by atoms with Crippen LogP contribution in [-0.4, -0.2) is 54.3 Å². The van der Waals surface area contributed by atoms with Gasteiger partial charge in [-0.3, -0.25) is 19.3 Å². The molecule has 0 saturated heterocycles. The van der Waals surface area contributed by atoms with Crippen molar-refractivity contribution in [2.75, 3.05) is 20.7 Å². The monoisotopic (exact) mass is 449 g/mol. The SMILES string of the molecule is COc1cc2c(c(Cl)c1Cl)C(=O)C(CCN(C)[C@@H](C)C(=O)O)(c1ccccc1)C2=O. The lowest BCUT2D eigenvalue weighted by molar-refractivity contribution is -0.142. The van der Waals surface area contributed by atoms with E-state index in [1.807, 2.05) is 0 Å². The van der Waals surface area contributed by atoms with Crippen molar-refractivity contribution in [1.82, 2.24) is 4.90 Å². The molecule has 158 valence electrons. The number of ketones is 2. The minimum absolute atomic E-state index is 0.0190. The topological polar surface area (TPSA) is 83.9 Å². The number of ether oxygens (including phenoxy) is 1. The van der Waals surface area contributed by atoms with Gasteiger partial charge in [0.2, 0.25) is 0 Å². The fourth-order valence-electron chi connectivity index (χ4n) is 3.78. The van der Waals surface area contributed by atoms with Crippen molar-refractivity contribution in [1.29, 1.82) is 0 Å². The van der Waals surface area contributed by atoms with Crippen LogP contribution < -0.4 is 4.74 Å². The summed E-state index contributed by atoms with van der Waals surface area (Å²) in [5.41, 5.74) is -0.761. The van der Waals surface area contributed by atoms with Crippen molar-refractivity contribution >= 4 is 40.7 Å². The van der Waals surface area contributed by atoms with Crippen molar-refractivity contribution in [3.63, 3.8) is 0 Å². The van der Waals surface area contributed by atoms with Crippen molar-refractivity contribution in [3.8, 4) is 5.75 Å². The lowest BCUT2D eigenvalue weighted by Crippen LogP contribution is -2.44. The summed E-state index contributed by atoms with van der Waals surface area (Å²) in [7, 11) is 3.04. The highest BCUT2D eigenvalue weighted by Crippen LogP contribution is 2.48. The summed E-state index contributed by atoms with van der Waals surface area (Å²) in [6, 6.07) is 9.39. The number of hydrogen-bond acceptors (Lipinski definition) is 5. The first-order valence-electron chi connectivity index (χ1n) is 9.31. The molecular formula is C22H21Cl2NO5. The number of rotatable bonds is 7. The number of carbonyl (C=O) groups excluding carboxylic acids is 2. The lowest BCUT2D eigenvalue weighted by atomic mass is 9.73. The first-order valence-corrected chi connectivity index (χ1v) is 10.1. The minimum atomic E-state index is -1.52. The average molecular weight is 450 g/mol. The van der Waals surface area contributed by atoms with Gasteiger partial charge in [0.05, 0.1) is 17.7 Å². The van der Waals surface area contributed by atoms with Crippen LogP contribution in [0.1, 0.15) is 39.6 Å². The number of carboxylic acid groups (broad SMARTS) is 1. The first kappa shape index (κ1) is 22.3. The quantitative estimate of drug-likeness (QED) is 0.640. The number of aliphatic carboxylic acids is 1. The molecule has 1 unspecified atom stereocenters. The largest absolute Gasteiger partial charge is 0.495 e. The smallest absolute Gasteiger partial charge is 0.320 e. The van der Waals surface area contributed by atoms with Crippen LogP contribution in [0.15, 0.2) is 36.4 Å². The summed E-state index contributed by atoms with van der Waals surface area (Å²) in [4.78, 5) is 40.3. The molecule has 6 nitrogen and oxygen atoms in total. The van der Waals surface area contributed by atoms with Crippen LogP contribution >= 0.6 is 23.2 Å². The number of halogens is 2. The molecule has 1 aliphatic rings. The Hall–Kier alpha value is -2.41. The van der Waals surface area contributed by atoms with Crippen molar-refractivity contribution < 1.29 is 24.2 Å². The van der Waals surface area contributed by atoms with E-state index in [2.05, 4.69) is 0 Å². The van der Waals surface area contributed by atoms with Crippen LogP contribution in [0.4, 0.5) is 0 Å². The van der Waals surface area contributed by atoms with E-state index in [9.17, 15) is 19.5 Å². The van der Waals surface area contributed by atoms with Crippen molar-refractivity contribution in [3.05, 3.63) is 63.1 Å². The van der Waals surface area contributed by atoms with Gasteiger partial charge in [-0.1, -0.05) is 53.5 Å². The maximum Gasteiger partial charge on any atom is 0.320 e. The zero-order chi connectivity index (χ0) is 22.2. The number of nitrogens with zero attached hydrogens (tertiary/aromatic N) is 1. The number of methoxy groups -OCH3 is 1. The van der Waals surface area contributed by atoms with Gasteiger partial charge in [0, 0.05) is 12.1 Å². The summed E-state index contributed by atoms with van der Waals surface area (Å²) in [5.74, 6) is -1.62. The maximum atomic E-state index is 13.7. The third-order valence-corrected chi connectivity index (χ3v) is 6.61. The van der Waals surface area contributed by atoms with Crippen molar-refractivity contribution in [2.45, 2.75) is 24.8 Å². The predicted octanol–water partition coefficient (Wildman–Crippen LogP) is 4.11. The molecule has 1 aliphatic carbocycles. The molecule has 0 saturated carbocycles. The molecule has 0 spiro atoms. The molecule has 8 heteroatoms. The van der Waals surface area contributed by atoms with Crippen LogP contribution in [0, 0.1) is 0 Å². The Balaban J connectivity index is 2.14. The molecule has 2 atom stereocenters. The zero-order valence-electron chi connectivity index (χ0n) is 16.7. The van der Waals surface area contributed by atoms with E-state index >= 15 is 0 Å². The van der Waals surface area contributed by atoms with E-state index in [-0.39, 0.29) is 39.9 Å². The summed E-state index contributed by atoms with van der Waals surface area (Å²) >= 11 is 12.6. The second-order valence-corrected chi connectivity index (χ2v) is 8.06. The number of likely N-dealkylation sites (N-methyl/N-ethyl adjacent to an activating group) is 1. The molecule has 2 aromatic rings. The van der Waals surface area contributed by atoms with Crippen LogP contribution in [-0.2, 0) is 10.2 Å². The molecule has 0 heterocycles. The number of benzene rings is 2. The van der Waals surface area contributed by atoms with Gasteiger partial charge in [-0.05, 0) is 32.0 Å². The number of carboxylic acids is 1. The van der Waals surface area contributed by atoms with Gasteiger partial charge >= 0.3 is 5.97 Å². The van der Waals surface area contributed by atoms with Gasteiger partial charge in [-0.25, -0.2) is 0 Å². The first-order chi connectivity index (χ1) is 14.2. The number of fused-ring (bicyclic) bond motifs is 1. The second kappa shape index (κ2) is 8.38. The van der Waals surface area contributed by atoms with Gasteiger partial charge in [-0.2, -0.15) is 0 Å². The van der Waals surface area contributed by atoms with E-state index in [0.717, 1.165) is 0 Å². The third-order valence-electron chi connectivity index (χ3n) is 5.76. The van der Waals surface area contributed by atoms with Crippen LogP contribution in [0.2, 0.25) is 10.0 Å². The Kier molecular flexibility index (Phi) is 6.22. The molecule has 3 rings (SSSR count). The normalized spacial score (nSPS) is 19.1. The molecule has 0 fully saturated rings. The molecule has 0 aromatic heterocycles. The van der Waals surface area contributed by atoms with Gasteiger partial charge in [0.15, 0.2) is 11.6 Å². The summed E-state index contributed by atoms with van der Waals surface area (Å²) < 4.78 is 5.21. The molecule has 0 aliphatic heterocycles. The third kappa shape index (κ3) is 3.39. The van der Waals surface area contributed by atoms with Gasteiger partial charge in [0.1, 0.15) is 22.2 Å². The maximum absolute atomic E-state index is 13.7. The van der Waals surface area contributed by atoms with Crippen LogP contribution in [0.5, 0.6) is 5.75 Å². The Labute approximate surface area is 184 Å². The summed E-state index contributed by atoms with van der Waals surface area (Å²) in [5, 5.41) is 9.32. The molecule has 0 amide bonds. The highest BCUT2D eigenvalue weighted by atomic mass is 35.5. The van der Waals surface area contributed by atoms with Gasteiger partial charge in [-0.15, -0.1) is 0 Å². The molecule has 30 heavy (non-hydrogen) atoms. The Morgan fingerprint density at radius 3 is 2.37 bits per heavy atom. The standard InChI is InChI=1S/C22H21Cl2NO5/c1-12(21(28)29)25(2)10-9-22(13-7-5-4-6-8-13)19(26)14-11-15(30-3)17(23)18(24)16(14)20(22)27/h4-8,11-12H,9-10H2,1-3H3,(H,28,29)/t12-,22?/m0/s1. The Morgan fingerprint density at radius 2 is 1.80 bits per heavy atom. The predicted molar refractivity (Wildman–Crippen MR) is 114 cm³/mol. The number of Topliss-reactive ketones (excluding diaryl/α,β-unsaturated/α-hetero) is 2. The molecule has 0 radical (unpaired) electrons. The lowest BCUT2D eigenvalue weighted by Gasteiger charge is -2.30. The van der Waals surface area contributed by atoms with E-state index < -0.39 is 29.0 Å². The molecular weight excluding hydrogens is 429 g/mol. The van der Waals surface area contributed by atoms with E-state index in [0.29, 0.717) is 5.56 Å². The Bertz CT molecular complexity index is 1020. The summed E-state index contributed by atoms with van der Waals surface area (Å²) in [6.45, 7) is 1.75. The van der Waals surface area contributed by atoms with Crippen LogP contribution in [0.3, 0.4) is 0 Å². The van der Waals surface area contributed by atoms with Crippen LogP contribution in [0.25, 0.3) is 0 Å². The van der Waals surface area contributed by atoms with Gasteiger partial charge < -0.3 is 9.84 Å².